The molecular weight excluding hydrogens is 489 g/mol. The number of esters is 1. The third kappa shape index (κ3) is 5.85. The zero-order valence-corrected chi connectivity index (χ0v) is 21.8. The van der Waals surface area contributed by atoms with Crippen molar-refractivity contribution in [3.8, 4) is 27.6 Å². The lowest BCUT2D eigenvalue weighted by molar-refractivity contribution is -0.141. The molecule has 0 radical (unpaired) electrons. The summed E-state index contributed by atoms with van der Waals surface area (Å²) in [5.74, 6) is 0.690. The Morgan fingerprint density at radius 2 is 1.95 bits per heavy atom. The zero-order valence-electron chi connectivity index (χ0n) is 21.0. The molecule has 8 heteroatoms. The zero-order chi connectivity index (χ0) is 25.9. The molecule has 5 rings (SSSR count). The van der Waals surface area contributed by atoms with Gasteiger partial charge < -0.3 is 9.47 Å². The van der Waals surface area contributed by atoms with Gasteiger partial charge in [0.2, 0.25) is 0 Å². The maximum Gasteiger partial charge on any atom is 0.306 e. The SMILES string of the molecule is COC(=O)C[C@H](c1cccc(OCc2cnc(-c3cc(C)ncc3F)c(-c3ccc(C)s3)n2)c1)C1CC1. The summed E-state index contributed by atoms with van der Waals surface area (Å²) < 4.78 is 25.7. The molecule has 1 fully saturated rings. The van der Waals surface area contributed by atoms with Crippen LogP contribution in [0.15, 0.2) is 54.9 Å². The van der Waals surface area contributed by atoms with Crippen molar-refractivity contribution in [2.24, 2.45) is 5.92 Å². The molecule has 1 atom stereocenters. The van der Waals surface area contributed by atoms with Gasteiger partial charge in [0.25, 0.3) is 0 Å². The monoisotopic (exact) mass is 517 g/mol. The lowest BCUT2D eigenvalue weighted by atomic mass is 9.91. The van der Waals surface area contributed by atoms with E-state index >= 15 is 0 Å². The third-order valence-corrected chi connectivity index (χ3v) is 7.53. The summed E-state index contributed by atoms with van der Waals surface area (Å²) in [6.45, 7) is 4.05. The Balaban J connectivity index is 1.41. The number of carbonyl (C=O) groups excluding carboxylic acids is 1. The summed E-state index contributed by atoms with van der Waals surface area (Å²) in [5, 5.41) is 0. The van der Waals surface area contributed by atoms with Gasteiger partial charge in [0, 0.05) is 16.1 Å². The summed E-state index contributed by atoms with van der Waals surface area (Å²) in [5.41, 5.74) is 3.88. The van der Waals surface area contributed by atoms with Crippen LogP contribution >= 0.6 is 11.3 Å². The number of hydrogen-bond acceptors (Lipinski definition) is 7. The first kappa shape index (κ1) is 25.0. The first-order valence-corrected chi connectivity index (χ1v) is 13.1. The number of benzene rings is 1. The van der Waals surface area contributed by atoms with Gasteiger partial charge in [-0.3, -0.25) is 14.8 Å². The van der Waals surface area contributed by atoms with Crippen LogP contribution in [0.1, 0.15) is 47.0 Å². The number of rotatable bonds is 9. The normalized spacial score (nSPS) is 13.8. The van der Waals surface area contributed by atoms with Crippen LogP contribution in [0.3, 0.4) is 0 Å². The summed E-state index contributed by atoms with van der Waals surface area (Å²) in [7, 11) is 1.42. The van der Waals surface area contributed by atoms with Crippen molar-refractivity contribution < 1.29 is 18.7 Å². The second-order valence-corrected chi connectivity index (χ2v) is 10.6. The van der Waals surface area contributed by atoms with E-state index < -0.39 is 5.82 Å². The average molecular weight is 518 g/mol. The molecule has 0 bridgehead atoms. The number of aryl methyl sites for hydroxylation is 2. The highest BCUT2D eigenvalue weighted by atomic mass is 32.1. The van der Waals surface area contributed by atoms with Gasteiger partial charge in [-0.25, -0.2) is 9.37 Å². The van der Waals surface area contributed by atoms with Crippen LogP contribution in [0.2, 0.25) is 0 Å². The molecule has 0 unspecified atom stereocenters. The van der Waals surface area contributed by atoms with E-state index in [4.69, 9.17) is 14.5 Å². The Morgan fingerprint density at radius 1 is 1.11 bits per heavy atom. The van der Waals surface area contributed by atoms with Gasteiger partial charge in [0.05, 0.1) is 36.5 Å². The summed E-state index contributed by atoms with van der Waals surface area (Å²) in [4.78, 5) is 27.5. The molecule has 0 spiro atoms. The minimum Gasteiger partial charge on any atom is -0.487 e. The molecule has 0 amide bonds. The van der Waals surface area contributed by atoms with E-state index in [2.05, 4.69) is 9.97 Å². The van der Waals surface area contributed by atoms with Crippen LogP contribution in [0.4, 0.5) is 4.39 Å². The number of halogens is 1. The smallest absolute Gasteiger partial charge is 0.306 e. The van der Waals surface area contributed by atoms with Crippen LogP contribution in [-0.2, 0) is 16.1 Å². The largest absolute Gasteiger partial charge is 0.487 e. The van der Waals surface area contributed by atoms with Crippen molar-refractivity contribution in [3.63, 3.8) is 0 Å². The number of ether oxygens (including phenoxy) is 2. The Bertz CT molecular complexity index is 1430. The van der Waals surface area contributed by atoms with Gasteiger partial charge in [-0.1, -0.05) is 12.1 Å². The summed E-state index contributed by atoms with van der Waals surface area (Å²) in [6, 6.07) is 13.6. The number of pyridine rings is 1. The molecule has 1 aliphatic carbocycles. The van der Waals surface area contributed by atoms with E-state index in [1.165, 1.54) is 13.3 Å². The molecule has 4 aromatic rings. The van der Waals surface area contributed by atoms with Crippen LogP contribution in [0.5, 0.6) is 5.75 Å². The highest BCUT2D eigenvalue weighted by Gasteiger charge is 2.34. The van der Waals surface area contributed by atoms with Crippen molar-refractivity contribution in [3.05, 3.63) is 82.5 Å². The molecular formula is C29H28FN3O3S. The second-order valence-electron chi connectivity index (χ2n) is 9.36. The van der Waals surface area contributed by atoms with E-state index in [9.17, 15) is 9.18 Å². The maximum absolute atomic E-state index is 14.7. The standard InChI is InChI=1S/C29H28FN3O3S/c1-17-11-24(25(30)15-31-17)28-29(26-10-7-18(2)37-26)33-21(14-32-28)16-36-22-6-4-5-20(12-22)23(19-8-9-19)13-27(34)35-3/h4-7,10-12,14-15,19,23H,8-9,13,16H2,1-3H3/t23-/m0/s1. The molecule has 190 valence electrons. The van der Waals surface area contributed by atoms with E-state index in [-0.39, 0.29) is 18.5 Å². The Hall–Kier alpha value is -3.65. The highest BCUT2D eigenvalue weighted by Crippen LogP contribution is 2.45. The van der Waals surface area contributed by atoms with E-state index in [1.807, 2.05) is 50.2 Å². The fourth-order valence-corrected chi connectivity index (χ4v) is 5.32. The predicted octanol–water partition coefficient (Wildman–Crippen LogP) is 6.66. The van der Waals surface area contributed by atoms with Crippen LogP contribution in [-0.4, -0.2) is 28.0 Å². The van der Waals surface area contributed by atoms with Gasteiger partial charge in [0.1, 0.15) is 23.7 Å². The van der Waals surface area contributed by atoms with Crippen molar-refractivity contribution in [2.45, 2.75) is 45.6 Å². The maximum atomic E-state index is 14.7. The molecule has 1 saturated carbocycles. The van der Waals surface area contributed by atoms with Crippen molar-refractivity contribution >= 4 is 17.3 Å². The molecule has 3 heterocycles. The lowest BCUT2D eigenvalue weighted by Gasteiger charge is -2.17. The van der Waals surface area contributed by atoms with Crippen LogP contribution < -0.4 is 4.74 Å². The van der Waals surface area contributed by atoms with Crippen LogP contribution in [0.25, 0.3) is 21.8 Å². The minimum absolute atomic E-state index is 0.127. The quantitative estimate of drug-likeness (QED) is 0.231. The van der Waals surface area contributed by atoms with Gasteiger partial charge in [-0.05, 0) is 74.4 Å². The molecule has 6 nitrogen and oxygen atoms in total. The fourth-order valence-electron chi connectivity index (χ4n) is 4.46. The molecule has 3 aromatic heterocycles. The summed E-state index contributed by atoms with van der Waals surface area (Å²) in [6.07, 6.45) is 5.46. The molecule has 37 heavy (non-hydrogen) atoms. The fraction of sp³-hybridized carbons (Fsp3) is 0.310. The van der Waals surface area contributed by atoms with Gasteiger partial charge in [-0.2, -0.15) is 0 Å². The van der Waals surface area contributed by atoms with Crippen molar-refractivity contribution in [1.82, 2.24) is 15.0 Å². The molecule has 0 N–H and O–H groups in total. The molecule has 1 aromatic carbocycles. The Labute approximate surface area is 219 Å². The van der Waals surface area contributed by atoms with Crippen molar-refractivity contribution in [2.75, 3.05) is 7.11 Å². The topological polar surface area (TPSA) is 74.2 Å². The number of hydrogen-bond donors (Lipinski definition) is 0. The van der Waals surface area contributed by atoms with Crippen molar-refractivity contribution in [1.29, 1.82) is 0 Å². The Morgan fingerprint density at radius 3 is 2.68 bits per heavy atom. The number of carbonyl (C=O) groups is 1. The second kappa shape index (κ2) is 10.8. The number of nitrogens with zero attached hydrogens (tertiary/aromatic N) is 3. The Kier molecular flexibility index (Phi) is 7.28. The molecule has 0 saturated heterocycles. The summed E-state index contributed by atoms with van der Waals surface area (Å²) >= 11 is 1.58. The number of methoxy groups -OCH3 is 1. The van der Waals surface area contributed by atoms with E-state index in [0.29, 0.717) is 46.4 Å². The number of thiophene rings is 1. The van der Waals surface area contributed by atoms with Gasteiger partial charge in [0.15, 0.2) is 5.82 Å². The lowest BCUT2D eigenvalue weighted by Crippen LogP contribution is -2.10. The first-order chi connectivity index (χ1) is 17.9. The predicted molar refractivity (Wildman–Crippen MR) is 141 cm³/mol. The first-order valence-electron chi connectivity index (χ1n) is 12.3. The van der Waals surface area contributed by atoms with Gasteiger partial charge in [-0.15, -0.1) is 11.3 Å². The van der Waals surface area contributed by atoms with Crippen LogP contribution in [0, 0.1) is 25.6 Å². The highest BCUT2D eigenvalue weighted by molar-refractivity contribution is 7.15. The molecule has 0 aliphatic heterocycles. The van der Waals surface area contributed by atoms with Gasteiger partial charge >= 0.3 is 5.97 Å². The third-order valence-electron chi connectivity index (χ3n) is 6.52. The minimum atomic E-state index is -0.438. The average Bonchev–Trinajstić information content (AvgIpc) is 3.66. The molecule has 1 aliphatic rings. The van der Waals surface area contributed by atoms with E-state index in [1.54, 1.807) is 23.6 Å². The number of aromatic nitrogens is 3. The van der Waals surface area contributed by atoms with E-state index in [0.717, 1.165) is 28.2 Å².